The summed E-state index contributed by atoms with van der Waals surface area (Å²) in [6.07, 6.45) is 0. The third-order valence-corrected chi connectivity index (χ3v) is 4.60. The predicted molar refractivity (Wildman–Crippen MR) is 96.5 cm³/mol. The van der Waals surface area contributed by atoms with E-state index in [9.17, 15) is 4.79 Å². The molecule has 0 aliphatic carbocycles. The number of amides is 1. The molecule has 2 heterocycles. The molecule has 1 amide bonds. The number of benzene rings is 1. The fraction of sp³-hybridized carbons (Fsp3) is 0.471. The summed E-state index contributed by atoms with van der Waals surface area (Å²) in [7, 11) is 0. The first-order chi connectivity index (χ1) is 11.8. The Labute approximate surface area is 150 Å². The van der Waals surface area contributed by atoms with Gasteiger partial charge in [0, 0.05) is 17.2 Å². The molecule has 0 saturated carbocycles. The third-order valence-electron chi connectivity index (χ3n) is 3.64. The zero-order valence-electron chi connectivity index (χ0n) is 14.8. The van der Waals surface area contributed by atoms with Gasteiger partial charge in [-0.3, -0.25) is 9.89 Å². The number of nitrogens with one attached hydrogen (secondary N) is 2. The van der Waals surface area contributed by atoms with E-state index in [1.165, 1.54) is 11.8 Å². The van der Waals surface area contributed by atoms with Crippen LogP contribution in [-0.4, -0.2) is 39.6 Å². The van der Waals surface area contributed by atoms with Crippen molar-refractivity contribution in [1.82, 2.24) is 15.2 Å². The molecule has 1 aromatic heterocycles. The lowest BCUT2D eigenvalue weighted by Crippen LogP contribution is -2.23. The number of hydrogen-bond donors (Lipinski definition) is 2. The molecule has 3 rings (SSSR count). The highest BCUT2D eigenvalue weighted by atomic mass is 32.2. The minimum Gasteiger partial charge on any atom is -0.486 e. The second kappa shape index (κ2) is 6.95. The van der Waals surface area contributed by atoms with Crippen LogP contribution in [0.4, 0.5) is 5.69 Å². The maximum atomic E-state index is 12.4. The van der Waals surface area contributed by atoms with E-state index < -0.39 is 0 Å². The molecule has 1 atom stereocenters. The summed E-state index contributed by atoms with van der Waals surface area (Å²) >= 11 is 1.32. The highest BCUT2D eigenvalue weighted by Gasteiger charge is 2.22. The van der Waals surface area contributed by atoms with Gasteiger partial charge in [0.05, 0.1) is 5.25 Å². The highest BCUT2D eigenvalue weighted by Crippen LogP contribution is 2.33. The van der Waals surface area contributed by atoms with Crippen LogP contribution in [0.3, 0.4) is 0 Å². The minimum atomic E-state index is -0.336. The highest BCUT2D eigenvalue weighted by molar-refractivity contribution is 8.00. The van der Waals surface area contributed by atoms with Crippen LogP contribution in [0.15, 0.2) is 23.4 Å². The Morgan fingerprint density at radius 2 is 2.00 bits per heavy atom. The van der Waals surface area contributed by atoms with Crippen molar-refractivity contribution >= 4 is 23.4 Å². The number of thioether (sulfide) groups is 1. The smallest absolute Gasteiger partial charge is 0.237 e. The number of aromatic amines is 1. The topological polar surface area (TPSA) is 89.1 Å². The van der Waals surface area contributed by atoms with E-state index in [4.69, 9.17) is 9.47 Å². The Morgan fingerprint density at radius 1 is 1.28 bits per heavy atom. The molecule has 0 fully saturated rings. The molecular weight excluding hydrogens is 340 g/mol. The number of anilines is 1. The quantitative estimate of drug-likeness (QED) is 0.813. The molecule has 134 valence electrons. The second-order valence-corrected chi connectivity index (χ2v) is 8.13. The standard InChI is InChI=1S/C17H22N4O3S/c1-10(25-16-19-15(20-21-16)17(2,3)4)14(22)18-11-5-6-12-13(9-11)24-8-7-23-12/h5-6,9-10H,7-8H2,1-4H3,(H,18,22)(H,19,20,21)/t10-/m0/s1. The molecule has 8 heteroatoms. The van der Waals surface area contributed by atoms with Gasteiger partial charge in [0.25, 0.3) is 0 Å². The summed E-state index contributed by atoms with van der Waals surface area (Å²) < 4.78 is 11.0. The number of hydrogen-bond acceptors (Lipinski definition) is 6. The van der Waals surface area contributed by atoms with Crippen molar-refractivity contribution in [1.29, 1.82) is 0 Å². The second-order valence-electron chi connectivity index (χ2n) is 6.82. The molecule has 1 aromatic carbocycles. The average Bonchev–Trinajstić information content (AvgIpc) is 3.03. The van der Waals surface area contributed by atoms with E-state index >= 15 is 0 Å². The normalized spacial score (nSPS) is 14.9. The Morgan fingerprint density at radius 3 is 2.68 bits per heavy atom. The van der Waals surface area contributed by atoms with Crippen molar-refractivity contribution in [2.24, 2.45) is 0 Å². The zero-order chi connectivity index (χ0) is 18.0. The Bertz CT molecular complexity index is 769. The van der Waals surface area contributed by atoms with Crippen LogP contribution in [0.5, 0.6) is 11.5 Å². The number of nitrogens with zero attached hydrogens (tertiary/aromatic N) is 2. The van der Waals surface area contributed by atoms with E-state index in [0.29, 0.717) is 35.6 Å². The van der Waals surface area contributed by atoms with Crippen molar-refractivity contribution in [3.8, 4) is 11.5 Å². The molecule has 0 radical (unpaired) electrons. The number of fused-ring (bicyclic) bond motifs is 1. The molecule has 0 bridgehead atoms. The van der Waals surface area contributed by atoms with Gasteiger partial charge in [0.2, 0.25) is 11.1 Å². The fourth-order valence-corrected chi connectivity index (χ4v) is 2.94. The monoisotopic (exact) mass is 362 g/mol. The van der Waals surface area contributed by atoms with E-state index in [2.05, 4.69) is 41.3 Å². The number of ether oxygens (including phenoxy) is 2. The van der Waals surface area contributed by atoms with Crippen LogP contribution in [0.1, 0.15) is 33.5 Å². The van der Waals surface area contributed by atoms with E-state index in [0.717, 1.165) is 5.82 Å². The van der Waals surface area contributed by atoms with E-state index in [1.807, 2.05) is 6.92 Å². The minimum absolute atomic E-state index is 0.109. The van der Waals surface area contributed by atoms with Gasteiger partial charge in [0.15, 0.2) is 11.5 Å². The van der Waals surface area contributed by atoms with Crippen LogP contribution < -0.4 is 14.8 Å². The largest absolute Gasteiger partial charge is 0.486 e. The zero-order valence-corrected chi connectivity index (χ0v) is 15.6. The molecule has 1 aliphatic rings. The average molecular weight is 362 g/mol. The molecule has 7 nitrogen and oxygen atoms in total. The first-order valence-electron chi connectivity index (χ1n) is 8.13. The molecule has 0 spiro atoms. The van der Waals surface area contributed by atoms with Gasteiger partial charge in [-0.1, -0.05) is 32.5 Å². The molecular formula is C17H22N4O3S. The third kappa shape index (κ3) is 4.25. The van der Waals surface area contributed by atoms with Crippen molar-refractivity contribution in [2.75, 3.05) is 18.5 Å². The summed E-state index contributed by atoms with van der Waals surface area (Å²) in [5.74, 6) is 2.02. The van der Waals surface area contributed by atoms with Gasteiger partial charge in [-0.2, -0.15) is 0 Å². The first-order valence-corrected chi connectivity index (χ1v) is 9.01. The lowest BCUT2D eigenvalue weighted by molar-refractivity contribution is -0.115. The van der Waals surface area contributed by atoms with Gasteiger partial charge in [-0.15, -0.1) is 5.10 Å². The van der Waals surface area contributed by atoms with Crippen LogP contribution in [-0.2, 0) is 10.2 Å². The van der Waals surface area contributed by atoms with Crippen molar-refractivity contribution < 1.29 is 14.3 Å². The molecule has 25 heavy (non-hydrogen) atoms. The van der Waals surface area contributed by atoms with Gasteiger partial charge in [-0.25, -0.2) is 4.98 Å². The Hall–Kier alpha value is -2.22. The molecule has 0 unspecified atom stereocenters. The van der Waals surface area contributed by atoms with E-state index in [-0.39, 0.29) is 16.6 Å². The summed E-state index contributed by atoms with van der Waals surface area (Å²) in [6, 6.07) is 5.37. The van der Waals surface area contributed by atoms with Crippen LogP contribution in [0, 0.1) is 0 Å². The predicted octanol–water partition coefficient (Wildman–Crippen LogP) is 2.99. The van der Waals surface area contributed by atoms with Crippen molar-refractivity contribution in [3.05, 3.63) is 24.0 Å². The van der Waals surface area contributed by atoms with Crippen LogP contribution >= 0.6 is 11.8 Å². The summed E-state index contributed by atoms with van der Waals surface area (Å²) in [5, 5.41) is 10.2. The van der Waals surface area contributed by atoms with Gasteiger partial charge < -0.3 is 14.8 Å². The van der Waals surface area contributed by atoms with Gasteiger partial charge >= 0.3 is 0 Å². The number of rotatable bonds is 4. The van der Waals surface area contributed by atoms with Crippen LogP contribution in [0.2, 0.25) is 0 Å². The van der Waals surface area contributed by atoms with Crippen molar-refractivity contribution in [3.63, 3.8) is 0 Å². The molecule has 2 N–H and O–H groups in total. The number of aromatic nitrogens is 3. The summed E-state index contributed by atoms with van der Waals surface area (Å²) in [4.78, 5) is 16.9. The van der Waals surface area contributed by atoms with Crippen LogP contribution in [0.25, 0.3) is 0 Å². The van der Waals surface area contributed by atoms with Crippen molar-refractivity contribution in [2.45, 2.75) is 43.5 Å². The lowest BCUT2D eigenvalue weighted by atomic mass is 9.96. The lowest BCUT2D eigenvalue weighted by Gasteiger charge is -2.19. The maximum absolute atomic E-state index is 12.4. The first kappa shape index (κ1) is 17.6. The summed E-state index contributed by atoms with van der Waals surface area (Å²) in [6.45, 7) is 9.04. The molecule has 2 aromatic rings. The molecule has 0 saturated heterocycles. The molecule has 1 aliphatic heterocycles. The number of carbonyl (C=O) groups is 1. The summed E-state index contributed by atoms with van der Waals surface area (Å²) in [5.41, 5.74) is 0.565. The number of carbonyl (C=O) groups excluding carboxylic acids is 1. The SMILES string of the molecule is C[C@H](Sc1n[nH]c(C(C)(C)C)n1)C(=O)Nc1ccc2c(c1)OCCO2. The van der Waals surface area contributed by atoms with Gasteiger partial charge in [0.1, 0.15) is 19.0 Å². The van der Waals surface area contributed by atoms with E-state index in [1.54, 1.807) is 18.2 Å². The van der Waals surface area contributed by atoms with Gasteiger partial charge in [-0.05, 0) is 19.1 Å². The Kier molecular flexibility index (Phi) is 4.89. The number of H-pyrrole nitrogens is 1. The fourth-order valence-electron chi connectivity index (χ4n) is 2.21. The maximum Gasteiger partial charge on any atom is 0.237 e. The Balaban J connectivity index is 1.62.